The molecule has 1 aromatic heterocycles. The summed E-state index contributed by atoms with van der Waals surface area (Å²) < 4.78 is 12.8. The van der Waals surface area contributed by atoms with Crippen LogP contribution in [0.15, 0.2) is 72.9 Å². The predicted molar refractivity (Wildman–Crippen MR) is 127 cm³/mol. The first-order valence-corrected chi connectivity index (χ1v) is 11.2. The molecule has 2 aliphatic heterocycles. The van der Waals surface area contributed by atoms with Gasteiger partial charge in [-0.05, 0) is 35.4 Å². The fourth-order valence-corrected chi connectivity index (χ4v) is 4.92. The van der Waals surface area contributed by atoms with Crippen LogP contribution in [-0.4, -0.2) is 34.6 Å². The molecule has 0 unspecified atom stereocenters. The topological polar surface area (TPSA) is 72.8 Å². The second kappa shape index (κ2) is 7.95. The number of aromatic nitrogens is 1. The van der Waals surface area contributed by atoms with Crippen LogP contribution in [0.25, 0.3) is 10.9 Å². The number of amides is 2. The highest BCUT2D eigenvalue weighted by Crippen LogP contribution is 2.41. The maximum Gasteiger partial charge on any atom is 0.255 e. The lowest BCUT2D eigenvalue weighted by Gasteiger charge is -2.25. The molecule has 1 N–H and O–H groups in total. The van der Waals surface area contributed by atoms with E-state index in [9.17, 15) is 9.59 Å². The van der Waals surface area contributed by atoms with Crippen molar-refractivity contribution in [2.75, 3.05) is 13.3 Å². The number of para-hydroxylation sites is 1. The molecule has 7 heteroatoms. The molecule has 4 aromatic rings. The molecule has 0 spiro atoms. The third-order valence-electron chi connectivity index (χ3n) is 6.52. The van der Waals surface area contributed by atoms with Crippen LogP contribution in [-0.2, 0) is 18.4 Å². The average molecular weight is 453 g/mol. The zero-order chi connectivity index (χ0) is 23.2. The van der Waals surface area contributed by atoms with Crippen molar-refractivity contribution >= 4 is 22.7 Å². The average Bonchev–Trinajstić information content (AvgIpc) is 3.53. The predicted octanol–water partition coefficient (Wildman–Crippen LogP) is 3.77. The third-order valence-corrected chi connectivity index (χ3v) is 6.52. The molecule has 0 saturated carbocycles. The summed E-state index contributed by atoms with van der Waals surface area (Å²) in [5.74, 6) is 1.03. The van der Waals surface area contributed by atoms with E-state index in [1.54, 1.807) is 4.90 Å². The maximum atomic E-state index is 13.4. The Morgan fingerprint density at radius 1 is 1.00 bits per heavy atom. The van der Waals surface area contributed by atoms with Crippen LogP contribution in [0.5, 0.6) is 11.5 Å². The van der Waals surface area contributed by atoms with E-state index in [4.69, 9.17) is 9.47 Å². The van der Waals surface area contributed by atoms with Crippen LogP contribution in [0, 0.1) is 0 Å². The Balaban J connectivity index is 1.28. The van der Waals surface area contributed by atoms with Crippen LogP contribution in [0.4, 0.5) is 0 Å². The zero-order valence-corrected chi connectivity index (χ0v) is 18.7. The van der Waals surface area contributed by atoms with E-state index in [0.717, 1.165) is 27.6 Å². The Bertz CT molecular complexity index is 1440. The molecular weight excluding hydrogens is 430 g/mol. The largest absolute Gasteiger partial charge is 0.454 e. The van der Waals surface area contributed by atoms with Crippen LogP contribution in [0.3, 0.4) is 0 Å². The number of rotatable bonds is 5. The monoisotopic (exact) mass is 453 g/mol. The van der Waals surface area contributed by atoms with Gasteiger partial charge in [-0.25, -0.2) is 0 Å². The van der Waals surface area contributed by atoms with E-state index in [1.165, 1.54) is 0 Å². The van der Waals surface area contributed by atoms with Gasteiger partial charge >= 0.3 is 0 Å². The number of nitrogens with one attached hydrogen (secondary N) is 1. The molecule has 2 aliphatic rings. The SMILES string of the molecule is Cn1cc([C@@H]2c3ccccc3C(=O)N2CC(=O)NCc2ccc3c(c2)OCO3)c2ccccc21. The van der Waals surface area contributed by atoms with Crippen molar-refractivity contribution in [2.24, 2.45) is 7.05 Å². The summed E-state index contributed by atoms with van der Waals surface area (Å²) in [6.45, 7) is 0.508. The lowest BCUT2D eigenvalue weighted by molar-refractivity contribution is -0.122. The van der Waals surface area contributed by atoms with Gasteiger partial charge in [-0.2, -0.15) is 0 Å². The highest BCUT2D eigenvalue weighted by Gasteiger charge is 2.39. The highest BCUT2D eigenvalue weighted by molar-refractivity contribution is 6.02. The quantitative estimate of drug-likeness (QED) is 0.499. The third kappa shape index (κ3) is 3.28. The Morgan fingerprint density at radius 3 is 2.71 bits per heavy atom. The zero-order valence-electron chi connectivity index (χ0n) is 18.7. The number of nitrogens with zero attached hydrogens (tertiary/aromatic N) is 2. The van der Waals surface area contributed by atoms with Gasteiger partial charge < -0.3 is 24.3 Å². The van der Waals surface area contributed by atoms with Gasteiger partial charge in [0.2, 0.25) is 12.7 Å². The molecule has 1 atom stereocenters. The van der Waals surface area contributed by atoms with E-state index in [0.29, 0.717) is 23.6 Å². The van der Waals surface area contributed by atoms with Crippen molar-refractivity contribution in [1.29, 1.82) is 0 Å². The minimum absolute atomic E-state index is 0.0358. The number of carbonyl (C=O) groups excluding carboxylic acids is 2. The molecular formula is C27H23N3O4. The first-order chi connectivity index (χ1) is 16.6. The number of aryl methyl sites for hydroxylation is 1. The summed E-state index contributed by atoms with van der Waals surface area (Å²) in [6, 6.07) is 21.0. The van der Waals surface area contributed by atoms with Gasteiger partial charge in [0.15, 0.2) is 11.5 Å². The minimum atomic E-state index is -0.328. The number of ether oxygens (including phenoxy) is 2. The molecule has 34 heavy (non-hydrogen) atoms. The molecule has 170 valence electrons. The molecule has 0 saturated heterocycles. The summed E-state index contributed by atoms with van der Waals surface area (Å²) in [6.07, 6.45) is 2.06. The van der Waals surface area contributed by atoms with E-state index >= 15 is 0 Å². The van der Waals surface area contributed by atoms with E-state index < -0.39 is 0 Å². The number of hydrogen-bond donors (Lipinski definition) is 1. The van der Waals surface area contributed by atoms with Crippen LogP contribution >= 0.6 is 0 Å². The molecule has 0 bridgehead atoms. The highest BCUT2D eigenvalue weighted by atomic mass is 16.7. The van der Waals surface area contributed by atoms with Crippen molar-refractivity contribution < 1.29 is 19.1 Å². The summed E-state index contributed by atoms with van der Waals surface area (Å²) in [7, 11) is 2.00. The van der Waals surface area contributed by atoms with Crippen LogP contribution < -0.4 is 14.8 Å². The van der Waals surface area contributed by atoms with Gasteiger partial charge in [0.05, 0.1) is 6.04 Å². The van der Waals surface area contributed by atoms with Gasteiger partial charge in [-0.3, -0.25) is 9.59 Å². The smallest absolute Gasteiger partial charge is 0.255 e. The summed E-state index contributed by atoms with van der Waals surface area (Å²) in [4.78, 5) is 28.0. The summed E-state index contributed by atoms with van der Waals surface area (Å²) in [5, 5.41) is 4.02. The number of fused-ring (bicyclic) bond motifs is 3. The second-order valence-electron chi connectivity index (χ2n) is 8.60. The molecule has 3 aromatic carbocycles. The van der Waals surface area contributed by atoms with E-state index in [-0.39, 0.29) is 31.2 Å². The van der Waals surface area contributed by atoms with Crippen LogP contribution in [0.1, 0.15) is 33.1 Å². The Hall–Kier alpha value is -4.26. The number of carbonyl (C=O) groups is 2. The number of hydrogen-bond acceptors (Lipinski definition) is 4. The molecule has 0 aliphatic carbocycles. The van der Waals surface area contributed by atoms with Gasteiger partial charge in [0.1, 0.15) is 6.54 Å². The second-order valence-corrected chi connectivity index (χ2v) is 8.60. The Labute approximate surface area is 196 Å². The molecule has 7 nitrogen and oxygen atoms in total. The maximum absolute atomic E-state index is 13.4. The first kappa shape index (κ1) is 20.4. The van der Waals surface area contributed by atoms with Crippen molar-refractivity contribution in [3.05, 3.63) is 95.2 Å². The van der Waals surface area contributed by atoms with Gasteiger partial charge in [0, 0.05) is 41.8 Å². The summed E-state index contributed by atoms with van der Waals surface area (Å²) >= 11 is 0. The van der Waals surface area contributed by atoms with Crippen molar-refractivity contribution in [3.63, 3.8) is 0 Å². The Morgan fingerprint density at radius 2 is 1.79 bits per heavy atom. The van der Waals surface area contributed by atoms with E-state index in [1.807, 2.05) is 61.6 Å². The fraction of sp³-hybridized carbons (Fsp3) is 0.185. The number of benzene rings is 3. The van der Waals surface area contributed by atoms with Gasteiger partial charge in [-0.1, -0.05) is 42.5 Å². The molecule has 6 rings (SSSR count). The molecule has 2 amide bonds. The summed E-state index contributed by atoms with van der Waals surface area (Å²) in [5.41, 5.74) is 4.57. The van der Waals surface area contributed by atoms with Crippen molar-refractivity contribution in [3.8, 4) is 11.5 Å². The molecule has 3 heterocycles. The minimum Gasteiger partial charge on any atom is -0.454 e. The molecule has 0 radical (unpaired) electrons. The standard InChI is InChI=1S/C27H23N3O4/c1-29-14-21(18-6-4-5-9-22(18)29)26-19-7-2-3-8-20(19)27(32)30(26)15-25(31)28-13-17-10-11-23-24(12-17)34-16-33-23/h2-12,14,26H,13,15-16H2,1H3,(H,28,31)/t26-/m0/s1. The van der Waals surface area contributed by atoms with Crippen molar-refractivity contribution in [2.45, 2.75) is 12.6 Å². The van der Waals surface area contributed by atoms with Crippen LogP contribution in [0.2, 0.25) is 0 Å². The van der Waals surface area contributed by atoms with E-state index in [2.05, 4.69) is 28.2 Å². The van der Waals surface area contributed by atoms with Gasteiger partial charge in [-0.15, -0.1) is 0 Å². The van der Waals surface area contributed by atoms with Gasteiger partial charge in [0.25, 0.3) is 5.91 Å². The normalized spacial score (nSPS) is 16.2. The molecule has 0 fully saturated rings. The fourth-order valence-electron chi connectivity index (χ4n) is 4.92. The lowest BCUT2D eigenvalue weighted by Crippen LogP contribution is -2.39. The van der Waals surface area contributed by atoms with Crippen molar-refractivity contribution in [1.82, 2.24) is 14.8 Å². The first-order valence-electron chi connectivity index (χ1n) is 11.2. The lowest BCUT2D eigenvalue weighted by atomic mass is 9.97. The Kier molecular flexibility index (Phi) is 4.76.